The van der Waals surface area contributed by atoms with E-state index in [1.54, 1.807) is 19.4 Å². The Balaban J connectivity index is 2.01. The molecule has 90 valence electrons. The van der Waals surface area contributed by atoms with Gasteiger partial charge >= 0.3 is 0 Å². The van der Waals surface area contributed by atoms with E-state index in [0.29, 0.717) is 23.7 Å². The molecule has 2 aliphatic heterocycles. The molecule has 1 aromatic rings. The van der Waals surface area contributed by atoms with Gasteiger partial charge in [-0.3, -0.25) is 4.79 Å². The first-order valence-electron chi connectivity index (χ1n) is 5.45. The predicted octanol–water partition coefficient (Wildman–Crippen LogP) is 1.28. The Bertz CT molecular complexity index is 480. The number of nitrogens with one attached hydrogen (secondary N) is 1. The second-order valence-corrected chi connectivity index (χ2v) is 4.71. The topological polar surface area (TPSA) is 54.5 Å². The minimum atomic E-state index is -0.180. The number of hydrogen-bond donors (Lipinski definition) is 1. The summed E-state index contributed by atoms with van der Waals surface area (Å²) in [6, 6.07) is 1.54. The number of methoxy groups -OCH3 is 1. The van der Waals surface area contributed by atoms with Crippen LogP contribution in [0.15, 0.2) is 12.3 Å². The van der Waals surface area contributed by atoms with Crippen LogP contribution in [0.5, 0.6) is 0 Å². The first-order chi connectivity index (χ1) is 8.19. The van der Waals surface area contributed by atoms with Crippen molar-refractivity contribution in [1.82, 2.24) is 4.98 Å². The Hall–Kier alpha value is -1.33. The fourth-order valence-electron chi connectivity index (χ4n) is 2.42. The third-order valence-electron chi connectivity index (χ3n) is 3.26. The number of ether oxygens (including phenoxy) is 1. The Morgan fingerprint density at radius 3 is 3.24 bits per heavy atom. The number of pyridine rings is 1. The van der Waals surface area contributed by atoms with Gasteiger partial charge in [0.05, 0.1) is 16.8 Å². The van der Waals surface area contributed by atoms with Crippen LogP contribution >= 0.6 is 11.6 Å². The maximum atomic E-state index is 11.9. The minimum absolute atomic E-state index is 0.0129. The van der Waals surface area contributed by atoms with Crippen LogP contribution in [-0.4, -0.2) is 36.7 Å². The number of aromatic nitrogens is 1. The first kappa shape index (κ1) is 10.8. The van der Waals surface area contributed by atoms with E-state index in [4.69, 9.17) is 16.3 Å². The van der Waals surface area contributed by atoms with E-state index in [1.165, 1.54) is 0 Å². The van der Waals surface area contributed by atoms with Crippen LogP contribution < -0.4 is 10.2 Å². The summed E-state index contributed by atoms with van der Waals surface area (Å²) in [5.74, 6) is 0.764. The van der Waals surface area contributed by atoms with Gasteiger partial charge in [0.1, 0.15) is 6.04 Å². The van der Waals surface area contributed by atoms with Crippen molar-refractivity contribution >= 4 is 29.0 Å². The second kappa shape index (κ2) is 3.85. The Labute approximate surface area is 104 Å². The summed E-state index contributed by atoms with van der Waals surface area (Å²) in [6.07, 6.45) is 2.37. The zero-order valence-electron chi connectivity index (χ0n) is 9.31. The molecule has 0 aromatic carbocycles. The molecule has 6 heteroatoms. The molecule has 5 nitrogen and oxygen atoms in total. The molecule has 2 unspecified atom stereocenters. The average molecular weight is 254 g/mol. The van der Waals surface area contributed by atoms with E-state index in [-0.39, 0.29) is 18.1 Å². The summed E-state index contributed by atoms with van der Waals surface area (Å²) in [6.45, 7) is 0.691. The number of anilines is 2. The fraction of sp³-hybridized carbons (Fsp3) is 0.455. The van der Waals surface area contributed by atoms with Crippen LogP contribution in [-0.2, 0) is 9.53 Å². The summed E-state index contributed by atoms with van der Waals surface area (Å²) in [7, 11) is 1.66. The Morgan fingerprint density at radius 1 is 1.65 bits per heavy atom. The molecular weight excluding hydrogens is 242 g/mol. The van der Waals surface area contributed by atoms with Gasteiger partial charge < -0.3 is 15.0 Å². The number of amides is 1. The molecule has 3 heterocycles. The second-order valence-electron chi connectivity index (χ2n) is 4.28. The van der Waals surface area contributed by atoms with E-state index in [0.717, 1.165) is 5.82 Å². The lowest BCUT2D eigenvalue weighted by Crippen LogP contribution is -2.44. The fourth-order valence-corrected chi connectivity index (χ4v) is 2.58. The van der Waals surface area contributed by atoms with Crippen molar-refractivity contribution in [3.63, 3.8) is 0 Å². The summed E-state index contributed by atoms with van der Waals surface area (Å²) >= 11 is 5.87. The monoisotopic (exact) mass is 253 g/mol. The smallest absolute Gasteiger partial charge is 0.247 e. The number of nitrogens with zero attached hydrogens (tertiary/aromatic N) is 2. The molecule has 1 aromatic heterocycles. The Morgan fingerprint density at radius 2 is 2.47 bits per heavy atom. The van der Waals surface area contributed by atoms with Crippen LogP contribution in [0.4, 0.5) is 11.5 Å². The molecule has 2 aliphatic rings. The SMILES string of the molecule is COC1CC2C(=O)Nc3cc(Cl)cnc3N2C1. The lowest BCUT2D eigenvalue weighted by atomic mass is 10.1. The number of hydrogen-bond acceptors (Lipinski definition) is 4. The zero-order chi connectivity index (χ0) is 12.0. The maximum Gasteiger partial charge on any atom is 0.247 e. The van der Waals surface area contributed by atoms with E-state index < -0.39 is 0 Å². The van der Waals surface area contributed by atoms with Gasteiger partial charge in [-0.1, -0.05) is 11.6 Å². The van der Waals surface area contributed by atoms with Crippen molar-refractivity contribution in [2.75, 3.05) is 23.9 Å². The molecule has 3 rings (SSSR count). The van der Waals surface area contributed by atoms with Crippen molar-refractivity contribution < 1.29 is 9.53 Å². The highest BCUT2D eigenvalue weighted by molar-refractivity contribution is 6.31. The van der Waals surface area contributed by atoms with Crippen molar-refractivity contribution in [3.05, 3.63) is 17.3 Å². The van der Waals surface area contributed by atoms with Crippen LogP contribution in [0.2, 0.25) is 5.02 Å². The number of carbonyl (C=O) groups excluding carboxylic acids is 1. The standard InChI is InChI=1S/C11H12ClN3O2/c1-17-7-3-9-11(16)14-8-2-6(12)4-13-10(8)15(9)5-7/h2,4,7,9H,3,5H2,1H3,(H,14,16). The highest BCUT2D eigenvalue weighted by Crippen LogP contribution is 2.36. The van der Waals surface area contributed by atoms with Gasteiger partial charge in [0.15, 0.2) is 5.82 Å². The maximum absolute atomic E-state index is 11.9. The molecule has 0 bridgehead atoms. The predicted molar refractivity (Wildman–Crippen MR) is 64.4 cm³/mol. The van der Waals surface area contributed by atoms with Crippen molar-refractivity contribution in [1.29, 1.82) is 0 Å². The molecule has 2 atom stereocenters. The van der Waals surface area contributed by atoms with E-state index in [1.807, 2.05) is 4.90 Å². The largest absolute Gasteiger partial charge is 0.380 e. The van der Waals surface area contributed by atoms with Crippen LogP contribution in [0.25, 0.3) is 0 Å². The molecule has 1 saturated heterocycles. The van der Waals surface area contributed by atoms with Gasteiger partial charge in [-0.2, -0.15) is 0 Å². The van der Waals surface area contributed by atoms with E-state index >= 15 is 0 Å². The molecule has 17 heavy (non-hydrogen) atoms. The number of halogens is 1. The third kappa shape index (κ3) is 1.66. The normalized spacial score (nSPS) is 26.5. The third-order valence-corrected chi connectivity index (χ3v) is 3.47. The number of carbonyl (C=O) groups is 1. The molecule has 1 fully saturated rings. The Kier molecular flexibility index (Phi) is 2.45. The molecule has 0 saturated carbocycles. The van der Waals surface area contributed by atoms with Gasteiger partial charge in [-0.05, 0) is 6.07 Å². The quantitative estimate of drug-likeness (QED) is 0.819. The average Bonchev–Trinajstić information content (AvgIpc) is 2.73. The van der Waals surface area contributed by atoms with Crippen molar-refractivity contribution in [2.24, 2.45) is 0 Å². The zero-order valence-corrected chi connectivity index (χ0v) is 10.1. The molecule has 1 amide bonds. The van der Waals surface area contributed by atoms with E-state index in [9.17, 15) is 4.79 Å². The van der Waals surface area contributed by atoms with Crippen LogP contribution in [0.1, 0.15) is 6.42 Å². The minimum Gasteiger partial charge on any atom is -0.380 e. The van der Waals surface area contributed by atoms with Gasteiger partial charge in [0.25, 0.3) is 0 Å². The highest BCUT2D eigenvalue weighted by atomic mass is 35.5. The summed E-state index contributed by atoms with van der Waals surface area (Å²) in [4.78, 5) is 18.2. The van der Waals surface area contributed by atoms with Gasteiger partial charge in [-0.25, -0.2) is 4.98 Å². The molecular formula is C11H12ClN3O2. The van der Waals surface area contributed by atoms with Crippen molar-refractivity contribution in [3.8, 4) is 0 Å². The van der Waals surface area contributed by atoms with Crippen LogP contribution in [0, 0.1) is 0 Å². The summed E-state index contributed by atoms with van der Waals surface area (Å²) < 4.78 is 5.31. The number of fused-ring (bicyclic) bond motifs is 3. The van der Waals surface area contributed by atoms with Crippen molar-refractivity contribution in [2.45, 2.75) is 18.6 Å². The highest BCUT2D eigenvalue weighted by Gasteiger charge is 2.41. The molecule has 0 radical (unpaired) electrons. The summed E-state index contributed by atoms with van der Waals surface area (Å²) in [5.41, 5.74) is 0.676. The molecule has 0 spiro atoms. The van der Waals surface area contributed by atoms with Crippen LogP contribution in [0.3, 0.4) is 0 Å². The lowest BCUT2D eigenvalue weighted by molar-refractivity contribution is -0.117. The molecule has 1 N–H and O–H groups in total. The van der Waals surface area contributed by atoms with E-state index in [2.05, 4.69) is 10.3 Å². The van der Waals surface area contributed by atoms with Gasteiger partial charge in [0.2, 0.25) is 5.91 Å². The summed E-state index contributed by atoms with van der Waals surface area (Å²) in [5, 5.41) is 3.35. The van der Waals surface area contributed by atoms with Gasteiger partial charge in [0, 0.05) is 26.3 Å². The lowest BCUT2D eigenvalue weighted by Gasteiger charge is -2.31. The number of rotatable bonds is 1. The van der Waals surface area contributed by atoms with Gasteiger partial charge in [-0.15, -0.1) is 0 Å². The first-order valence-corrected chi connectivity index (χ1v) is 5.82. The molecule has 0 aliphatic carbocycles.